The van der Waals surface area contributed by atoms with Crippen molar-refractivity contribution < 1.29 is 18.4 Å². The van der Waals surface area contributed by atoms with Gasteiger partial charge in [-0.2, -0.15) is 0 Å². The van der Waals surface area contributed by atoms with Crippen molar-refractivity contribution in [2.45, 2.75) is 45.4 Å². The maximum Gasteiger partial charge on any atom is 0.256 e. The molecule has 4 nitrogen and oxygen atoms in total. The van der Waals surface area contributed by atoms with Crippen LogP contribution in [0.1, 0.15) is 55.8 Å². The molecule has 0 saturated carbocycles. The average Bonchev–Trinajstić information content (AvgIpc) is 2.64. The molecule has 3 rings (SSSR count). The van der Waals surface area contributed by atoms with E-state index in [2.05, 4.69) is 6.92 Å². The fraction of sp³-hybridized carbons (Fsp3) is 0.600. The number of hydrogen-bond donors (Lipinski definition) is 0. The molecule has 2 aliphatic rings. The molecule has 2 heterocycles. The van der Waals surface area contributed by atoms with Gasteiger partial charge in [0.1, 0.15) is 11.6 Å². The van der Waals surface area contributed by atoms with Crippen molar-refractivity contribution in [3.05, 3.63) is 35.4 Å². The highest BCUT2D eigenvalue weighted by Crippen LogP contribution is 2.39. The Morgan fingerprint density at radius 2 is 2.04 bits per heavy atom. The van der Waals surface area contributed by atoms with Gasteiger partial charge in [0.2, 0.25) is 5.91 Å². The molecule has 0 radical (unpaired) electrons. The van der Waals surface area contributed by atoms with Gasteiger partial charge in [0.05, 0.1) is 5.56 Å². The van der Waals surface area contributed by atoms with Gasteiger partial charge in [0, 0.05) is 38.0 Å². The first-order valence-corrected chi connectivity index (χ1v) is 9.46. The lowest BCUT2D eigenvalue weighted by atomic mass is 9.73. The van der Waals surface area contributed by atoms with E-state index in [9.17, 15) is 18.4 Å². The number of hydrogen-bond acceptors (Lipinski definition) is 2. The molecule has 2 fully saturated rings. The number of piperidine rings is 2. The van der Waals surface area contributed by atoms with E-state index in [1.165, 1.54) is 0 Å². The minimum absolute atomic E-state index is 0.126. The Morgan fingerprint density at radius 3 is 2.81 bits per heavy atom. The third-order valence-corrected chi connectivity index (χ3v) is 5.64. The van der Waals surface area contributed by atoms with Crippen LogP contribution in [0.15, 0.2) is 18.2 Å². The zero-order valence-electron chi connectivity index (χ0n) is 15.3. The van der Waals surface area contributed by atoms with E-state index in [0.717, 1.165) is 56.8 Å². The monoisotopic (exact) mass is 364 g/mol. The summed E-state index contributed by atoms with van der Waals surface area (Å²) < 4.78 is 27.4. The van der Waals surface area contributed by atoms with Crippen molar-refractivity contribution in [2.24, 2.45) is 5.41 Å². The molecule has 0 aromatic heterocycles. The summed E-state index contributed by atoms with van der Waals surface area (Å²) in [5, 5.41) is 0. The summed E-state index contributed by atoms with van der Waals surface area (Å²) in [5.41, 5.74) is -0.337. The van der Waals surface area contributed by atoms with E-state index in [0.29, 0.717) is 26.1 Å². The molecule has 0 aliphatic carbocycles. The molecule has 1 atom stereocenters. The first kappa shape index (κ1) is 18.8. The number of benzene rings is 1. The molecule has 1 spiro atoms. The summed E-state index contributed by atoms with van der Waals surface area (Å²) in [4.78, 5) is 28.5. The minimum atomic E-state index is -0.695. The fourth-order valence-electron chi connectivity index (χ4n) is 4.20. The van der Waals surface area contributed by atoms with Gasteiger partial charge in [-0.1, -0.05) is 13.3 Å². The number of likely N-dealkylation sites (tertiary alicyclic amines) is 2. The number of rotatable bonds is 4. The predicted octanol–water partition coefficient (Wildman–Crippen LogP) is 3.61. The molecule has 1 aromatic rings. The number of carbonyl (C=O) groups excluding carboxylic acids is 2. The van der Waals surface area contributed by atoms with Gasteiger partial charge in [-0.3, -0.25) is 9.59 Å². The van der Waals surface area contributed by atoms with E-state index >= 15 is 0 Å². The van der Waals surface area contributed by atoms with Crippen LogP contribution in [0, 0.1) is 17.0 Å². The van der Waals surface area contributed by atoms with Crippen LogP contribution in [0.25, 0.3) is 0 Å². The topological polar surface area (TPSA) is 40.6 Å². The number of carbonyl (C=O) groups is 2. The quantitative estimate of drug-likeness (QED) is 0.819. The van der Waals surface area contributed by atoms with E-state index in [1.807, 2.05) is 4.90 Å². The van der Waals surface area contributed by atoms with Crippen molar-refractivity contribution in [1.82, 2.24) is 9.80 Å². The van der Waals surface area contributed by atoms with Crippen molar-refractivity contribution in [3.63, 3.8) is 0 Å². The molecule has 2 saturated heterocycles. The standard InChI is InChI=1S/C20H26F2N2O2/c1-2-3-10-23-13-20(9-7-18(23)25)8-4-11-24(14-20)19(26)16-12-15(21)5-6-17(16)22/h5-6,12H,2-4,7-11,13-14H2,1H3/t20-/m0/s1. The maximum atomic E-state index is 14.0. The number of halogens is 2. The minimum Gasteiger partial charge on any atom is -0.342 e. The third kappa shape index (κ3) is 3.89. The largest absolute Gasteiger partial charge is 0.342 e. The van der Waals surface area contributed by atoms with E-state index in [1.54, 1.807) is 4.90 Å². The zero-order chi connectivity index (χ0) is 18.7. The van der Waals surface area contributed by atoms with Crippen LogP contribution in [0.2, 0.25) is 0 Å². The van der Waals surface area contributed by atoms with Crippen LogP contribution >= 0.6 is 0 Å². The van der Waals surface area contributed by atoms with Gasteiger partial charge in [-0.15, -0.1) is 0 Å². The van der Waals surface area contributed by atoms with Crippen molar-refractivity contribution in [3.8, 4) is 0 Å². The molecule has 142 valence electrons. The van der Waals surface area contributed by atoms with E-state index < -0.39 is 17.5 Å². The van der Waals surface area contributed by atoms with Gasteiger partial charge in [-0.25, -0.2) is 8.78 Å². The summed E-state index contributed by atoms with van der Waals surface area (Å²) in [6.07, 6.45) is 5.03. The van der Waals surface area contributed by atoms with Crippen LogP contribution in [0.4, 0.5) is 8.78 Å². The average molecular weight is 364 g/mol. The zero-order valence-corrected chi connectivity index (χ0v) is 15.3. The lowest BCUT2D eigenvalue weighted by molar-refractivity contribution is -0.139. The smallest absolute Gasteiger partial charge is 0.256 e. The molecule has 0 unspecified atom stereocenters. The lowest BCUT2D eigenvalue weighted by Crippen LogP contribution is -2.55. The second-order valence-electron chi connectivity index (χ2n) is 7.62. The second-order valence-corrected chi connectivity index (χ2v) is 7.62. The highest BCUT2D eigenvalue weighted by atomic mass is 19.1. The summed E-state index contributed by atoms with van der Waals surface area (Å²) in [5.74, 6) is -1.59. The molecule has 6 heteroatoms. The normalized spacial score (nSPS) is 23.6. The van der Waals surface area contributed by atoms with E-state index in [-0.39, 0.29) is 16.9 Å². The molecule has 0 bridgehead atoms. The SMILES string of the molecule is CCCCN1C[C@]2(CCCN(C(=O)c3cc(F)ccc3F)C2)CCC1=O. The van der Waals surface area contributed by atoms with Crippen LogP contribution in [0.5, 0.6) is 0 Å². The van der Waals surface area contributed by atoms with Crippen molar-refractivity contribution >= 4 is 11.8 Å². The Kier molecular flexibility index (Phi) is 5.58. The van der Waals surface area contributed by atoms with Crippen LogP contribution in [0.3, 0.4) is 0 Å². The predicted molar refractivity (Wildman–Crippen MR) is 94.7 cm³/mol. The summed E-state index contributed by atoms with van der Waals surface area (Å²) in [6.45, 7) is 4.54. The second kappa shape index (κ2) is 7.72. The van der Waals surface area contributed by atoms with Crippen LogP contribution in [-0.2, 0) is 4.79 Å². The molecule has 1 aromatic carbocycles. The van der Waals surface area contributed by atoms with Crippen LogP contribution in [-0.4, -0.2) is 47.8 Å². The Balaban J connectivity index is 1.75. The van der Waals surface area contributed by atoms with Gasteiger partial charge in [-0.05, 0) is 43.9 Å². The molecular weight excluding hydrogens is 338 g/mol. The van der Waals surface area contributed by atoms with Crippen molar-refractivity contribution in [2.75, 3.05) is 26.2 Å². The Morgan fingerprint density at radius 1 is 1.23 bits per heavy atom. The number of unbranched alkanes of at least 4 members (excludes halogenated alkanes) is 1. The third-order valence-electron chi connectivity index (χ3n) is 5.64. The lowest BCUT2D eigenvalue weighted by Gasteiger charge is -2.48. The summed E-state index contributed by atoms with van der Waals surface area (Å²) in [7, 11) is 0. The first-order valence-electron chi connectivity index (χ1n) is 9.46. The maximum absolute atomic E-state index is 14.0. The highest BCUT2D eigenvalue weighted by molar-refractivity contribution is 5.94. The van der Waals surface area contributed by atoms with E-state index in [4.69, 9.17) is 0 Å². The number of amides is 2. The molecule has 2 amide bonds. The van der Waals surface area contributed by atoms with Gasteiger partial charge >= 0.3 is 0 Å². The summed E-state index contributed by atoms with van der Waals surface area (Å²) in [6, 6.07) is 2.98. The van der Waals surface area contributed by atoms with Gasteiger partial charge < -0.3 is 9.80 Å². The Labute approximate surface area is 153 Å². The Bertz CT molecular complexity index is 694. The highest BCUT2D eigenvalue weighted by Gasteiger charge is 2.42. The number of nitrogens with zero attached hydrogens (tertiary/aromatic N) is 2. The first-order chi connectivity index (χ1) is 12.4. The van der Waals surface area contributed by atoms with Crippen LogP contribution < -0.4 is 0 Å². The molecular formula is C20H26F2N2O2. The van der Waals surface area contributed by atoms with Crippen molar-refractivity contribution in [1.29, 1.82) is 0 Å². The molecule has 2 aliphatic heterocycles. The molecule has 0 N–H and O–H groups in total. The molecule has 26 heavy (non-hydrogen) atoms. The Hall–Kier alpha value is -1.98. The summed E-state index contributed by atoms with van der Waals surface area (Å²) >= 11 is 0. The van der Waals surface area contributed by atoms with Gasteiger partial charge in [0.15, 0.2) is 0 Å². The fourth-order valence-corrected chi connectivity index (χ4v) is 4.20. The van der Waals surface area contributed by atoms with Gasteiger partial charge in [0.25, 0.3) is 5.91 Å².